The molecule has 1 amide bonds. The van der Waals surface area contributed by atoms with Gasteiger partial charge in [0.2, 0.25) is 5.91 Å². The highest BCUT2D eigenvalue weighted by atomic mass is 32.2. The average Bonchev–Trinajstić information content (AvgIpc) is 2.22. The van der Waals surface area contributed by atoms with E-state index < -0.39 is 0 Å². The summed E-state index contributed by atoms with van der Waals surface area (Å²) >= 11 is 1.79. The van der Waals surface area contributed by atoms with E-state index in [0.717, 1.165) is 5.75 Å². The lowest BCUT2D eigenvalue weighted by atomic mass is 10.3. The summed E-state index contributed by atoms with van der Waals surface area (Å²) in [6, 6.07) is 0. The molecule has 2 nitrogen and oxygen atoms in total. The normalized spacial score (nSPS) is 8.94. The van der Waals surface area contributed by atoms with E-state index in [0.29, 0.717) is 6.42 Å². The molecule has 0 fully saturated rings. The molecule has 0 aromatic carbocycles. The molecule has 3 heteroatoms. The average molecular weight is 247 g/mol. The number of hydrogen-bond donors (Lipinski definition) is 1. The van der Waals surface area contributed by atoms with Crippen LogP contribution < -0.4 is 5.32 Å². The minimum atomic E-state index is 0.0433. The van der Waals surface area contributed by atoms with Crippen molar-refractivity contribution in [2.24, 2.45) is 0 Å². The molecule has 0 aliphatic heterocycles. The summed E-state index contributed by atoms with van der Waals surface area (Å²) in [6.07, 6.45) is 1.98. The Morgan fingerprint density at radius 2 is 1.69 bits per heavy atom. The van der Waals surface area contributed by atoms with Crippen molar-refractivity contribution in [3.05, 3.63) is 12.8 Å². The molecule has 0 aliphatic carbocycles. The first-order chi connectivity index (χ1) is 7.45. The molecule has 0 bridgehead atoms. The highest BCUT2D eigenvalue weighted by Gasteiger charge is 2.10. The predicted octanol–water partition coefficient (Wildman–Crippen LogP) is 4.22. The lowest BCUT2D eigenvalue weighted by Crippen LogP contribution is -2.18. The molecule has 0 saturated heterocycles. The molecule has 0 atom stereocenters. The minimum Gasteiger partial charge on any atom is -0.333 e. The number of nitrogens with one attached hydrogen (secondary N) is 1. The van der Waals surface area contributed by atoms with Crippen molar-refractivity contribution < 1.29 is 4.79 Å². The Morgan fingerprint density at radius 3 is 2.00 bits per heavy atom. The summed E-state index contributed by atoms with van der Waals surface area (Å²) in [4.78, 5) is 10.9. The Kier molecular flexibility index (Phi) is 19.0. The highest BCUT2D eigenvalue weighted by molar-refractivity contribution is 8.00. The molecular formula is C13H29NOS. The Balaban J connectivity index is -0.000000376. The van der Waals surface area contributed by atoms with E-state index in [1.165, 1.54) is 6.20 Å². The van der Waals surface area contributed by atoms with Gasteiger partial charge in [-0.05, 0) is 6.20 Å². The van der Waals surface area contributed by atoms with E-state index in [9.17, 15) is 4.79 Å². The van der Waals surface area contributed by atoms with Gasteiger partial charge in [0.25, 0.3) is 0 Å². The van der Waals surface area contributed by atoms with Crippen molar-refractivity contribution >= 4 is 17.7 Å². The molecule has 0 aliphatic rings. The first-order valence-electron chi connectivity index (χ1n) is 6.00. The summed E-state index contributed by atoms with van der Waals surface area (Å²) in [5.74, 6) is 0.908. The Morgan fingerprint density at radius 1 is 1.25 bits per heavy atom. The van der Waals surface area contributed by atoms with Crippen molar-refractivity contribution in [2.75, 3.05) is 5.75 Å². The van der Waals surface area contributed by atoms with Crippen LogP contribution in [0.15, 0.2) is 12.8 Å². The molecule has 16 heavy (non-hydrogen) atoms. The van der Waals surface area contributed by atoms with Crippen LogP contribution in [0.5, 0.6) is 0 Å². The fourth-order valence-corrected chi connectivity index (χ4v) is 1.54. The van der Waals surface area contributed by atoms with Crippen LogP contribution in [0.2, 0.25) is 0 Å². The van der Waals surface area contributed by atoms with Crippen LogP contribution in [0.4, 0.5) is 0 Å². The van der Waals surface area contributed by atoms with Crippen molar-refractivity contribution in [1.82, 2.24) is 5.32 Å². The van der Waals surface area contributed by atoms with Crippen LogP contribution in [0.25, 0.3) is 0 Å². The van der Waals surface area contributed by atoms with Gasteiger partial charge in [0.05, 0.1) is 0 Å². The summed E-state index contributed by atoms with van der Waals surface area (Å²) in [6.45, 7) is 17.8. The third kappa shape index (κ3) is 23.4. The van der Waals surface area contributed by atoms with Crippen LogP contribution in [0, 0.1) is 0 Å². The van der Waals surface area contributed by atoms with Gasteiger partial charge in [-0.1, -0.05) is 55.0 Å². The number of rotatable bonds is 4. The maximum absolute atomic E-state index is 10.9. The fourth-order valence-electron chi connectivity index (χ4n) is 0.636. The number of thioether (sulfide) groups is 1. The fraction of sp³-hybridized carbons (Fsp3) is 0.769. The van der Waals surface area contributed by atoms with Gasteiger partial charge in [0, 0.05) is 16.9 Å². The molecule has 0 radical (unpaired) electrons. The third-order valence-corrected chi connectivity index (χ3v) is 2.40. The monoisotopic (exact) mass is 247 g/mol. The van der Waals surface area contributed by atoms with Crippen molar-refractivity contribution in [3.63, 3.8) is 0 Å². The van der Waals surface area contributed by atoms with Gasteiger partial charge in [0.15, 0.2) is 0 Å². The molecule has 0 spiro atoms. The number of carbonyl (C=O) groups is 1. The van der Waals surface area contributed by atoms with E-state index in [-0.39, 0.29) is 10.7 Å². The van der Waals surface area contributed by atoms with Gasteiger partial charge in [-0.3, -0.25) is 4.79 Å². The molecule has 98 valence electrons. The second-order valence-corrected chi connectivity index (χ2v) is 5.40. The quantitative estimate of drug-likeness (QED) is 0.806. The van der Waals surface area contributed by atoms with Gasteiger partial charge in [0.1, 0.15) is 0 Å². The maximum atomic E-state index is 10.9. The van der Waals surface area contributed by atoms with Crippen LogP contribution in [-0.4, -0.2) is 16.4 Å². The predicted molar refractivity (Wildman–Crippen MR) is 77.9 cm³/mol. The molecule has 0 aromatic heterocycles. The second kappa shape index (κ2) is 14.6. The lowest BCUT2D eigenvalue weighted by Gasteiger charge is -2.16. The SMILES string of the molecule is C=CNC(=O)CCSC(C)(C)C.CC.CC. The summed E-state index contributed by atoms with van der Waals surface area (Å²) in [7, 11) is 0. The highest BCUT2D eigenvalue weighted by Crippen LogP contribution is 2.23. The standard InChI is InChI=1S/C9H17NOS.2C2H6/c1-5-10-8(11)6-7-12-9(2,3)4;2*1-2/h5H,1,6-7H2,2-4H3,(H,10,11);2*1-2H3. The molecule has 0 unspecified atom stereocenters. The Bertz CT molecular complexity index is 162. The van der Waals surface area contributed by atoms with E-state index >= 15 is 0 Å². The molecular weight excluding hydrogens is 218 g/mol. The zero-order valence-corrected chi connectivity index (χ0v) is 12.8. The number of amides is 1. The van der Waals surface area contributed by atoms with Gasteiger partial charge < -0.3 is 5.32 Å². The van der Waals surface area contributed by atoms with Gasteiger partial charge >= 0.3 is 0 Å². The maximum Gasteiger partial charge on any atom is 0.224 e. The van der Waals surface area contributed by atoms with Gasteiger partial charge in [-0.2, -0.15) is 11.8 Å². The Hall–Kier alpha value is -0.440. The number of hydrogen-bond acceptors (Lipinski definition) is 2. The Labute approximate surface area is 106 Å². The van der Waals surface area contributed by atoms with Gasteiger partial charge in [-0.25, -0.2) is 0 Å². The van der Waals surface area contributed by atoms with Crippen LogP contribution in [0.1, 0.15) is 54.9 Å². The van der Waals surface area contributed by atoms with Crippen molar-refractivity contribution in [2.45, 2.75) is 59.6 Å². The minimum absolute atomic E-state index is 0.0433. The number of carbonyl (C=O) groups excluding carboxylic acids is 1. The van der Waals surface area contributed by atoms with E-state index in [4.69, 9.17) is 0 Å². The van der Waals surface area contributed by atoms with Crippen molar-refractivity contribution in [3.8, 4) is 0 Å². The first kappa shape index (κ1) is 20.9. The summed E-state index contributed by atoms with van der Waals surface area (Å²) < 4.78 is 0.245. The smallest absolute Gasteiger partial charge is 0.224 e. The molecule has 0 aromatic rings. The van der Waals surface area contributed by atoms with Crippen LogP contribution >= 0.6 is 11.8 Å². The van der Waals surface area contributed by atoms with E-state index in [2.05, 4.69) is 32.7 Å². The first-order valence-corrected chi connectivity index (χ1v) is 6.98. The zero-order chi connectivity index (χ0) is 13.6. The van der Waals surface area contributed by atoms with E-state index in [1.54, 1.807) is 11.8 Å². The van der Waals surface area contributed by atoms with E-state index in [1.807, 2.05) is 27.7 Å². The molecule has 0 rings (SSSR count). The largest absolute Gasteiger partial charge is 0.333 e. The van der Waals surface area contributed by atoms with Crippen LogP contribution in [0.3, 0.4) is 0 Å². The summed E-state index contributed by atoms with van der Waals surface area (Å²) in [5.41, 5.74) is 0. The topological polar surface area (TPSA) is 29.1 Å². The molecule has 0 saturated carbocycles. The molecule has 1 N–H and O–H groups in total. The van der Waals surface area contributed by atoms with Crippen molar-refractivity contribution in [1.29, 1.82) is 0 Å². The second-order valence-electron chi connectivity index (χ2n) is 3.48. The lowest BCUT2D eigenvalue weighted by molar-refractivity contribution is -0.119. The third-order valence-electron chi connectivity index (χ3n) is 1.13. The van der Waals surface area contributed by atoms with Crippen LogP contribution in [-0.2, 0) is 4.79 Å². The summed E-state index contributed by atoms with van der Waals surface area (Å²) in [5, 5.41) is 2.54. The molecule has 0 heterocycles. The van der Waals surface area contributed by atoms with Gasteiger partial charge in [-0.15, -0.1) is 0 Å². The zero-order valence-electron chi connectivity index (χ0n) is 12.0.